The molecule has 2 aromatic heterocycles. The predicted molar refractivity (Wildman–Crippen MR) is 67.3 cm³/mol. The molecule has 4 nitrogen and oxygen atoms in total. The van der Waals surface area contributed by atoms with E-state index in [-0.39, 0.29) is 0 Å². The van der Waals surface area contributed by atoms with E-state index >= 15 is 0 Å². The van der Waals surface area contributed by atoms with E-state index in [1.807, 2.05) is 18.2 Å². The number of rotatable bonds is 5. The number of aromatic nitrogens is 2. The Morgan fingerprint density at radius 3 is 3.12 bits per heavy atom. The lowest BCUT2D eigenvalue weighted by Gasteiger charge is -1.99. The first kappa shape index (κ1) is 11.4. The van der Waals surface area contributed by atoms with Crippen LogP contribution in [0.25, 0.3) is 10.6 Å². The highest BCUT2D eigenvalue weighted by Crippen LogP contribution is 2.30. The Hall–Kier alpha value is -1.04. The first-order valence-electron chi connectivity index (χ1n) is 4.83. The number of nitrogens with zero attached hydrogens (tertiary/aromatic N) is 1. The third-order valence-corrected chi connectivity index (χ3v) is 3.29. The van der Waals surface area contributed by atoms with Gasteiger partial charge >= 0.3 is 0 Å². The maximum atomic E-state index is 5.87. The fourth-order valence-corrected chi connectivity index (χ4v) is 2.29. The lowest BCUT2D eigenvalue weighted by Crippen LogP contribution is -2.07. The van der Waals surface area contributed by atoms with Crippen molar-refractivity contribution < 1.29 is 4.74 Å². The average molecular weight is 258 g/mol. The Morgan fingerprint density at radius 2 is 2.44 bits per heavy atom. The van der Waals surface area contributed by atoms with Crippen LogP contribution in [-0.4, -0.2) is 30.5 Å². The van der Waals surface area contributed by atoms with Crippen molar-refractivity contribution in [1.29, 1.82) is 0 Å². The molecule has 0 saturated carbocycles. The standard InChI is InChI=1S/C10H12ClN3OS/c1-15-5-4-12-10-6-7(13-14-10)8-2-3-9(11)16-8/h2-3,6H,4-5H2,1H3,(H2,12,13,14). The monoisotopic (exact) mass is 257 g/mol. The number of aromatic amines is 1. The van der Waals surface area contributed by atoms with Gasteiger partial charge in [0, 0.05) is 19.7 Å². The first-order valence-corrected chi connectivity index (χ1v) is 6.03. The molecule has 0 saturated heterocycles. The Morgan fingerprint density at radius 1 is 1.56 bits per heavy atom. The van der Waals surface area contributed by atoms with Crippen molar-refractivity contribution in [3.05, 3.63) is 22.5 Å². The number of ether oxygens (including phenoxy) is 1. The molecule has 2 heterocycles. The van der Waals surface area contributed by atoms with Crippen molar-refractivity contribution in [2.75, 3.05) is 25.6 Å². The summed E-state index contributed by atoms with van der Waals surface area (Å²) in [6.45, 7) is 1.40. The maximum Gasteiger partial charge on any atom is 0.148 e. The molecule has 0 bridgehead atoms. The molecule has 0 spiro atoms. The Kier molecular flexibility index (Phi) is 3.82. The summed E-state index contributed by atoms with van der Waals surface area (Å²) in [5.41, 5.74) is 0.969. The van der Waals surface area contributed by atoms with Crippen LogP contribution in [0.15, 0.2) is 18.2 Å². The zero-order chi connectivity index (χ0) is 11.4. The highest BCUT2D eigenvalue weighted by molar-refractivity contribution is 7.19. The van der Waals surface area contributed by atoms with Crippen LogP contribution in [0.1, 0.15) is 0 Å². The second kappa shape index (κ2) is 5.34. The summed E-state index contributed by atoms with van der Waals surface area (Å²) < 4.78 is 5.72. The topological polar surface area (TPSA) is 49.9 Å². The Bertz CT molecular complexity index is 454. The van der Waals surface area contributed by atoms with Crippen LogP contribution in [0, 0.1) is 0 Å². The highest BCUT2D eigenvalue weighted by atomic mass is 35.5. The predicted octanol–water partition coefficient (Wildman–Crippen LogP) is 2.85. The molecule has 0 aliphatic carbocycles. The molecule has 0 unspecified atom stereocenters. The minimum atomic E-state index is 0.660. The minimum Gasteiger partial charge on any atom is -0.383 e. The van der Waals surface area contributed by atoms with E-state index in [1.165, 1.54) is 11.3 Å². The van der Waals surface area contributed by atoms with Crippen LogP contribution < -0.4 is 5.32 Å². The number of hydrogen-bond donors (Lipinski definition) is 2. The van der Waals surface area contributed by atoms with Gasteiger partial charge in [0.2, 0.25) is 0 Å². The van der Waals surface area contributed by atoms with E-state index in [2.05, 4.69) is 15.5 Å². The normalized spacial score (nSPS) is 10.6. The van der Waals surface area contributed by atoms with Crippen molar-refractivity contribution >= 4 is 28.8 Å². The van der Waals surface area contributed by atoms with Gasteiger partial charge in [-0.3, -0.25) is 5.10 Å². The third-order valence-electron chi connectivity index (χ3n) is 2.03. The van der Waals surface area contributed by atoms with E-state index in [1.54, 1.807) is 7.11 Å². The van der Waals surface area contributed by atoms with Gasteiger partial charge in [-0.15, -0.1) is 11.3 Å². The molecule has 0 amide bonds. The SMILES string of the molecule is COCCNc1cc(-c2ccc(Cl)s2)[nH]n1. The fourth-order valence-electron chi connectivity index (χ4n) is 1.28. The van der Waals surface area contributed by atoms with Gasteiger partial charge in [0.1, 0.15) is 5.82 Å². The fraction of sp³-hybridized carbons (Fsp3) is 0.300. The van der Waals surface area contributed by atoms with Crippen LogP contribution in [0.4, 0.5) is 5.82 Å². The van der Waals surface area contributed by atoms with E-state index in [9.17, 15) is 0 Å². The zero-order valence-electron chi connectivity index (χ0n) is 8.79. The van der Waals surface area contributed by atoms with E-state index < -0.39 is 0 Å². The maximum absolute atomic E-state index is 5.87. The van der Waals surface area contributed by atoms with Gasteiger partial charge in [0.15, 0.2) is 0 Å². The van der Waals surface area contributed by atoms with E-state index in [0.29, 0.717) is 6.61 Å². The van der Waals surface area contributed by atoms with Gasteiger partial charge in [-0.2, -0.15) is 5.10 Å². The summed E-state index contributed by atoms with van der Waals surface area (Å²) in [6.07, 6.45) is 0. The molecule has 2 aromatic rings. The molecule has 0 radical (unpaired) electrons. The van der Waals surface area contributed by atoms with Crippen molar-refractivity contribution in [3.8, 4) is 10.6 Å². The molecule has 6 heteroatoms. The molecule has 0 aliphatic rings. The van der Waals surface area contributed by atoms with Crippen LogP contribution in [0.3, 0.4) is 0 Å². The van der Waals surface area contributed by atoms with Gasteiger partial charge in [-0.25, -0.2) is 0 Å². The Balaban J connectivity index is 2.02. The molecule has 0 fully saturated rings. The summed E-state index contributed by atoms with van der Waals surface area (Å²) in [4.78, 5) is 1.08. The molecule has 16 heavy (non-hydrogen) atoms. The molecule has 0 aliphatic heterocycles. The van der Waals surface area contributed by atoms with Crippen molar-refractivity contribution in [3.63, 3.8) is 0 Å². The quantitative estimate of drug-likeness (QED) is 0.810. The second-order valence-corrected chi connectivity index (χ2v) is 4.91. The number of anilines is 1. The van der Waals surface area contributed by atoms with Crippen LogP contribution in [0.5, 0.6) is 0 Å². The molecule has 86 valence electrons. The minimum absolute atomic E-state index is 0.660. The lowest BCUT2D eigenvalue weighted by molar-refractivity contribution is 0.210. The van der Waals surface area contributed by atoms with Gasteiger partial charge in [0.05, 0.1) is 21.5 Å². The largest absolute Gasteiger partial charge is 0.383 e. The van der Waals surface area contributed by atoms with Crippen molar-refractivity contribution in [2.24, 2.45) is 0 Å². The van der Waals surface area contributed by atoms with Crippen LogP contribution in [0.2, 0.25) is 4.34 Å². The van der Waals surface area contributed by atoms with Crippen LogP contribution >= 0.6 is 22.9 Å². The number of halogens is 1. The summed E-state index contributed by atoms with van der Waals surface area (Å²) >= 11 is 7.40. The number of hydrogen-bond acceptors (Lipinski definition) is 4. The molecule has 0 atom stereocenters. The van der Waals surface area contributed by atoms with Crippen molar-refractivity contribution in [1.82, 2.24) is 10.2 Å². The molecule has 0 aromatic carbocycles. The number of thiophene rings is 1. The summed E-state index contributed by atoms with van der Waals surface area (Å²) in [5.74, 6) is 0.816. The first-order chi connectivity index (χ1) is 7.79. The lowest BCUT2D eigenvalue weighted by atomic mass is 10.3. The van der Waals surface area contributed by atoms with Gasteiger partial charge in [0.25, 0.3) is 0 Å². The molecular formula is C10H12ClN3OS. The van der Waals surface area contributed by atoms with Gasteiger partial charge in [-0.1, -0.05) is 11.6 Å². The van der Waals surface area contributed by atoms with Crippen molar-refractivity contribution in [2.45, 2.75) is 0 Å². The second-order valence-electron chi connectivity index (χ2n) is 3.19. The summed E-state index contributed by atoms with van der Waals surface area (Å²) in [7, 11) is 1.67. The molecular weight excluding hydrogens is 246 g/mol. The van der Waals surface area contributed by atoms with Gasteiger partial charge < -0.3 is 10.1 Å². The zero-order valence-corrected chi connectivity index (χ0v) is 10.4. The highest BCUT2D eigenvalue weighted by Gasteiger charge is 2.05. The third kappa shape index (κ3) is 2.75. The molecule has 2 rings (SSSR count). The van der Waals surface area contributed by atoms with E-state index in [4.69, 9.17) is 16.3 Å². The van der Waals surface area contributed by atoms with E-state index in [0.717, 1.165) is 27.3 Å². The van der Waals surface area contributed by atoms with Gasteiger partial charge in [-0.05, 0) is 12.1 Å². The smallest absolute Gasteiger partial charge is 0.148 e. The Labute approximate surface area is 103 Å². The average Bonchev–Trinajstić information content (AvgIpc) is 2.87. The summed E-state index contributed by atoms with van der Waals surface area (Å²) in [5, 5.41) is 10.3. The van der Waals surface area contributed by atoms with Crippen LogP contribution in [-0.2, 0) is 4.74 Å². The summed E-state index contributed by atoms with van der Waals surface area (Å²) in [6, 6.07) is 5.80. The number of nitrogens with one attached hydrogen (secondary N) is 2. The number of methoxy groups -OCH3 is 1. The molecule has 2 N–H and O–H groups in total. The number of H-pyrrole nitrogens is 1.